The minimum Gasteiger partial charge on any atom is -0.444 e. The lowest BCUT2D eigenvalue weighted by atomic mass is 10.1. The first-order valence-electron chi connectivity index (χ1n) is 13.7. The van der Waals surface area contributed by atoms with Crippen molar-refractivity contribution in [2.75, 3.05) is 19.0 Å². The van der Waals surface area contributed by atoms with E-state index in [1.165, 1.54) is 22.4 Å². The SMILES string of the molecule is COCC#Cc1ccccc1NC(=O)OC(C)(C)C.Cn1cccc1.Cn1cccc1CC1=Cc2ccccc2C1. The van der Waals surface area contributed by atoms with Gasteiger partial charge in [-0.1, -0.05) is 59.9 Å². The lowest BCUT2D eigenvalue weighted by Gasteiger charge is -2.20. The molecule has 1 N–H and O–H groups in total. The molecular weight excluding hydrogens is 510 g/mol. The van der Waals surface area contributed by atoms with Crippen molar-refractivity contribution in [3.63, 3.8) is 0 Å². The third-order valence-corrected chi connectivity index (χ3v) is 6.05. The molecule has 6 nitrogen and oxygen atoms in total. The number of carbonyl (C=O) groups is 1. The van der Waals surface area contributed by atoms with Crippen molar-refractivity contribution in [3.8, 4) is 11.8 Å². The Labute approximate surface area is 244 Å². The van der Waals surface area contributed by atoms with Gasteiger partial charge in [0.25, 0.3) is 0 Å². The van der Waals surface area contributed by atoms with Gasteiger partial charge in [0.05, 0.1) is 5.69 Å². The van der Waals surface area contributed by atoms with E-state index in [-0.39, 0.29) is 0 Å². The summed E-state index contributed by atoms with van der Waals surface area (Å²) in [6, 6.07) is 24.3. The molecule has 4 aromatic rings. The van der Waals surface area contributed by atoms with Gasteiger partial charge in [0.1, 0.15) is 12.2 Å². The van der Waals surface area contributed by atoms with Gasteiger partial charge in [-0.25, -0.2) is 4.79 Å². The third-order valence-electron chi connectivity index (χ3n) is 6.05. The Balaban J connectivity index is 0.000000189. The molecule has 1 aliphatic rings. The predicted molar refractivity (Wildman–Crippen MR) is 168 cm³/mol. The number of methoxy groups -OCH3 is 1. The van der Waals surface area contributed by atoms with E-state index >= 15 is 0 Å². The van der Waals surface area contributed by atoms with Crippen LogP contribution in [0.3, 0.4) is 0 Å². The van der Waals surface area contributed by atoms with Crippen LogP contribution >= 0.6 is 0 Å². The largest absolute Gasteiger partial charge is 0.444 e. The Morgan fingerprint density at radius 1 is 0.927 bits per heavy atom. The molecule has 0 radical (unpaired) electrons. The van der Waals surface area contributed by atoms with Gasteiger partial charge in [-0.3, -0.25) is 5.32 Å². The summed E-state index contributed by atoms with van der Waals surface area (Å²) >= 11 is 0. The van der Waals surface area contributed by atoms with Crippen LogP contribution in [0, 0.1) is 11.8 Å². The second kappa shape index (κ2) is 15.4. The molecule has 1 aliphatic carbocycles. The highest BCUT2D eigenvalue weighted by Crippen LogP contribution is 2.26. The minimum atomic E-state index is -0.527. The molecule has 0 saturated heterocycles. The van der Waals surface area contributed by atoms with Crippen molar-refractivity contribution < 1.29 is 14.3 Å². The van der Waals surface area contributed by atoms with E-state index in [9.17, 15) is 4.79 Å². The van der Waals surface area contributed by atoms with Gasteiger partial charge in [-0.2, -0.15) is 0 Å². The molecule has 6 heteroatoms. The van der Waals surface area contributed by atoms with Crippen LogP contribution in [0.2, 0.25) is 0 Å². The topological polar surface area (TPSA) is 57.4 Å². The number of allylic oxidation sites excluding steroid dienone is 1. The number of anilines is 1. The average Bonchev–Trinajstić information content (AvgIpc) is 3.66. The van der Waals surface area contributed by atoms with Gasteiger partial charge >= 0.3 is 6.09 Å². The number of carbonyl (C=O) groups excluding carboxylic acids is 1. The van der Waals surface area contributed by atoms with E-state index in [0.29, 0.717) is 12.3 Å². The fourth-order valence-corrected chi connectivity index (χ4v) is 4.12. The Morgan fingerprint density at radius 2 is 1.63 bits per heavy atom. The molecule has 41 heavy (non-hydrogen) atoms. The summed E-state index contributed by atoms with van der Waals surface area (Å²) < 4.78 is 14.3. The van der Waals surface area contributed by atoms with E-state index in [1.54, 1.807) is 13.2 Å². The van der Waals surface area contributed by atoms with Crippen LogP contribution in [0.15, 0.2) is 97.0 Å². The summed E-state index contributed by atoms with van der Waals surface area (Å²) in [6.45, 7) is 5.80. The molecular formula is C35H41N3O3. The maximum absolute atomic E-state index is 11.7. The molecule has 0 unspecified atom stereocenters. The maximum Gasteiger partial charge on any atom is 0.412 e. The molecule has 0 atom stereocenters. The highest BCUT2D eigenvalue weighted by atomic mass is 16.6. The predicted octanol–water partition coefficient (Wildman–Crippen LogP) is 7.26. The smallest absolute Gasteiger partial charge is 0.412 e. The van der Waals surface area contributed by atoms with Gasteiger partial charge in [0, 0.05) is 57.5 Å². The summed E-state index contributed by atoms with van der Waals surface area (Å²) in [7, 11) is 5.69. The Morgan fingerprint density at radius 3 is 2.24 bits per heavy atom. The molecule has 214 valence electrons. The Hall–Kier alpha value is -4.47. The van der Waals surface area contributed by atoms with Gasteiger partial charge in [0.15, 0.2) is 0 Å². The van der Waals surface area contributed by atoms with Crippen LogP contribution in [-0.4, -0.2) is 34.5 Å². The molecule has 2 aromatic heterocycles. The minimum absolute atomic E-state index is 0.348. The lowest BCUT2D eigenvalue weighted by molar-refractivity contribution is 0.0636. The number of nitrogens with zero attached hydrogens (tertiary/aromatic N) is 2. The molecule has 0 bridgehead atoms. The lowest BCUT2D eigenvalue weighted by Crippen LogP contribution is -2.27. The second-order valence-electron chi connectivity index (χ2n) is 10.7. The van der Waals surface area contributed by atoms with Crippen molar-refractivity contribution >= 4 is 17.9 Å². The van der Waals surface area contributed by atoms with Crippen molar-refractivity contribution in [1.82, 2.24) is 9.13 Å². The van der Waals surface area contributed by atoms with Gasteiger partial charge in [-0.15, -0.1) is 0 Å². The number of aromatic nitrogens is 2. The molecule has 0 aliphatic heterocycles. The van der Waals surface area contributed by atoms with Gasteiger partial charge < -0.3 is 18.6 Å². The Kier molecular flexibility index (Phi) is 11.6. The number of aryl methyl sites for hydroxylation is 2. The molecule has 5 rings (SSSR count). The van der Waals surface area contributed by atoms with E-state index in [2.05, 4.69) is 77.4 Å². The first-order chi connectivity index (χ1) is 19.6. The second-order valence-corrected chi connectivity index (χ2v) is 10.7. The average molecular weight is 552 g/mol. The summed E-state index contributed by atoms with van der Waals surface area (Å²) in [5.74, 6) is 5.79. The zero-order valence-electron chi connectivity index (χ0n) is 25.0. The number of para-hydroxylation sites is 1. The summed E-state index contributed by atoms with van der Waals surface area (Å²) in [5, 5.41) is 2.69. The number of hydrogen-bond acceptors (Lipinski definition) is 3. The van der Waals surface area contributed by atoms with Crippen molar-refractivity contribution in [2.45, 2.75) is 39.2 Å². The molecule has 0 spiro atoms. The van der Waals surface area contributed by atoms with Crippen LogP contribution in [0.1, 0.15) is 43.2 Å². The van der Waals surface area contributed by atoms with Crippen LogP contribution in [0.25, 0.3) is 6.08 Å². The van der Waals surface area contributed by atoms with Crippen LogP contribution in [0.4, 0.5) is 10.5 Å². The van der Waals surface area contributed by atoms with Crippen LogP contribution < -0.4 is 5.32 Å². The monoisotopic (exact) mass is 551 g/mol. The normalized spacial score (nSPS) is 11.4. The molecule has 1 amide bonds. The third kappa shape index (κ3) is 10.9. The van der Waals surface area contributed by atoms with E-state index < -0.39 is 11.7 Å². The zero-order valence-corrected chi connectivity index (χ0v) is 25.0. The molecule has 2 heterocycles. The van der Waals surface area contributed by atoms with Crippen molar-refractivity contribution in [1.29, 1.82) is 0 Å². The number of amides is 1. The summed E-state index contributed by atoms with van der Waals surface area (Å²) in [4.78, 5) is 11.7. The Bertz CT molecular complexity index is 1480. The highest BCUT2D eigenvalue weighted by molar-refractivity contribution is 5.86. The quantitative estimate of drug-likeness (QED) is 0.272. The number of hydrogen-bond donors (Lipinski definition) is 1. The highest BCUT2D eigenvalue weighted by Gasteiger charge is 2.17. The zero-order chi connectivity index (χ0) is 29.7. The first-order valence-corrected chi connectivity index (χ1v) is 13.7. The van der Waals surface area contributed by atoms with Crippen molar-refractivity contribution in [3.05, 3.63) is 119 Å². The van der Waals surface area contributed by atoms with E-state index in [4.69, 9.17) is 9.47 Å². The first kappa shape index (κ1) is 31.1. The molecule has 0 saturated carbocycles. The maximum atomic E-state index is 11.7. The number of fused-ring (bicyclic) bond motifs is 1. The van der Waals surface area contributed by atoms with Gasteiger partial charge in [-0.05, 0) is 74.7 Å². The number of rotatable bonds is 4. The van der Waals surface area contributed by atoms with E-state index in [0.717, 1.165) is 18.4 Å². The molecule has 0 fully saturated rings. The number of benzene rings is 2. The van der Waals surface area contributed by atoms with Crippen molar-refractivity contribution in [2.24, 2.45) is 14.1 Å². The van der Waals surface area contributed by atoms with Crippen LogP contribution in [0.5, 0.6) is 0 Å². The summed E-state index contributed by atoms with van der Waals surface area (Å²) in [6.07, 6.45) is 10.1. The van der Waals surface area contributed by atoms with Gasteiger partial charge in [0.2, 0.25) is 0 Å². The van der Waals surface area contributed by atoms with E-state index in [1.807, 2.05) is 75.1 Å². The van der Waals surface area contributed by atoms with Crippen LogP contribution in [-0.2, 0) is 36.4 Å². The standard InChI is InChI=1S/C15H19NO3.C15H15N.C5H7N/c1-15(2,3)19-14(17)16-13-10-6-5-8-12(13)9-7-11-18-4;1-16-8-4-7-15(16)11-12-9-13-5-2-3-6-14(13)10-12;1-6-4-2-3-5-6/h5-6,8,10H,11H2,1-4H3,(H,16,17);2-9H,10-11H2,1H3;2-5H,1H3. The summed E-state index contributed by atoms with van der Waals surface area (Å²) in [5.41, 5.74) is 6.59. The fourth-order valence-electron chi connectivity index (χ4n) is 4.12. The number of nitrogens with one attached hydrogen (secondary N) is 1. The number of ether oxygens (including phenoxy) is 2. The fraction of sp³-hybridized carbons (Fsp3) is 0.286. The molecule has 2 aromatic carbocycles.